The molecule has 1 fully saturated rings. The van der Waals surface area contributed by atoms with Gasteiger partial charge >= 0.3 is 0 Å². The number of fused-ring (bicyclic) bond motifs is 3. The smallest absolute Gasteiger partial charge is 0.264 e. The van der Waals surface area contributed by atoms with Crippen LogP contribution in [0.25, 0.3) is 11.3 Å². The van der Waals surface area contributed by atoms with E-state index in [2.05, 4.69) is 15.3 Å². The van der Waals surface area contributed by atoms with E-state index >= 15 is 0 Å². The molecule has 1 aromatic carbocycles. The predicted molar refractivity (Wildman–Crippen MR) is 129 cm³/mol. The first kappa shape index (κ1) is 23.2. The van der Waals surface area contributed by atoms with Crippen molar-refractivity contribution in [2.75, 3.05) is 31.5 Å². The zero-order valence-electron chi connectivity index (χ0n) is 18.7. The van der Waals surface area contributed by atoms with Crippen molar-refractivity contribution in [2.24, 2.45) is 5.14 Å². The Bertz CT molecular complexity index is 1430. The zero-order chi connectivity index (χ0) is 24.7. The number of carbonyl (C=O) groups excluding carboxylic acids is 2. The molecule has 2 aromatic heterocycles. The Kier molecular flexibility index (Phi) is 5.91. The molecule has 182 valence electrons. The van der Waals surface area contributed by atoms with Crippen LogP contribution in [-0.4, -0.2) is 66.2 Å². The number of rotatable bonds is 4. The lowest BCUT2D eigenvalue weighted by Crippen LogP contribution is -2.49. The van der Waals surface area contributed by atoms with Crippen LogP contribution >= 0.6 is 11.3 Å². The molecule has 35 heavy (non-hydrogen) atoms. The Balaban J connectivity index is 1.38. The maximum atomic E-state index is 13.1. The van der Waals surface area contributed by atoms with E-state index in [1.54, 1.807) is 21.9 Å². The number of hydrogen-bond acceptors (Lipinski definition) is 9. The minimum atomic E-state index is -3.85. The van der Waals surface area contributed by atoms with Gasteiger partial charge < -0.3 is 19.9 Å². The van der Waals surface area contributed by atoms with Crippen molar-refractivity contribution in [1.82, 2.24) is 19.8 Å². The van der Waals surface area contributed by atoms with Crippen LogP contribution in [0.5, 0.6) is 5.75 Å². The second-order valence-corrected chi connectivity index (χ2v) is 10.8. The van der Waals surface area contributed by atoms with E-state index in [-0.39, 0.29) is 22.7 Å². The summed E-state index contributed by atoms with van der Waals surface area (Å²) < 4.78 is 29.1. The Morgan fingerprint density at radius 3 is 2.60 bits per heavy atom. The molecule has 0 radical (unpaired) electrons. The van der Waals surface area contributed by atoms with E-state index in [1.807, 2.05) is 6.07 Å². The van der Waals surface area contributed by atoms with Crippen molar-refractivity contribution in [2.45, 2.75) is 18.4 Å². The van der Waals surface area contributed by atoms with Gasteiger partial charge in [0.25, 0.3) is 5.91 Å². The maximum absolute atomic E-state index is 13.1. The Hall–Kier alpha value is -3.55. The minimum Gasteiger partial charge on any atom is -0.484 e. The fraction of sp³-hybridized carbons (Fsp3) is 0.273. The molecule has 0 spiro atoms. The highest BCUT2D eigenvalue weighted by Gasteiger charge is 2.28. The summed E-state index contributed by atoms with van der Waals surface area (Å²) in [6.07, 6.45) is 1.54. The van der Waals surface area contributed by atoms with Gasteiger partial charge in [0.2, 0.25) is 21.9 Å². The van der Waals surface area contributed by atoms with Crippen LogP contribution in [0.4, 0.5) is 11.6 Å². The van der Waals surface area contributed by atoms with E-state index < -0.39 is 10.0 Å². The van der Waals surface area contributed by atoms with Crippen LogP contribution in [0.1, 0.15) is 21.5 Å². The molecule has 5 rings (SSSR count). The summed E-state index contributed by atoms with van der Waals surface area (Å²) in [5.41, 5.74) is 1.80. The zero-order valence-corrected chi connectivity index (χ0v) is 20.4. The van der Waals surface area contributed by atoms with Gasteiger partial charge in [0.05, 0.1) is 20.8 Å². The number of anilines is 2. The Labute approximate surface area is 205 Å². The summed E-state index contributed by atoms with van der Waals surface area (Å²) in [6.45, 7) is 3.86. The number of aromatic nitrogens is 2. The average molecular weight is 515 g/mol. The van der Waals surface area contributed by atoms with Crippen molar-refractivity contribution in [3.63, 3.8) is 0 Å². The highest BCUT2D eigenvalue weighted by Crippen LogP contribution is 2.41. The van der Waals surface area contributed by atoms with E-state index in [1.165, 1.54) is 36.6 Å². The fourth-order valence-electron chi connectivity index (χ4n) is 3.97. The summed E-state index contributed by atoms with van der Waals surface area (Å²) in [4.78, 5) is 38.4. The number of nitrogens with zero attached hydrogens (tertiary/aromatic N) is 4. The average Bonchev–Trinajstić information content (AvgIpc) is 3.28. The molecule has 13 heteroatoms. The maximum Gasteiger partial charge on any atom is 0.264 e. The number of ether oxygens (including phenoxy) is 1. The third kappa shape index (κ3) is 4.70. The lowest BCUT2D eigenvalue weighted by Gasteiger charge is -2.33. The minimum absolute atomic E-state index is 0.0120. The fourth-order valence-corrected chi connectivity index (χ4v) is 5.58. The first-order valence-corrected chi connectivity index (χ1v) is 13.1. The standard InChI is InChI=1S/C22H22N6O5S2/c1-13(29)27-5-7-28(8-6-27)21(30)18-10-16-19(34-18)12-33-17-11-24-22(26-20(16)17)25-14-3-2-4-15(9-14)35(23,31)32/h2-4,9-11H,5-8,12H2,1H3,(H2,23,31,32)(H,24,25,26). The lowest BCUT2D eigenvalue weighted by atomic mass is 10.1. The molecule has 2 amide bonds. The van der Waals surface area contributed by atoms with Crippen LogP contribution < -0.4 is 15.2 Å². The molecule has 3 aromatic rings. The summed E-state index contributed by atoms with van der Waals surface area (Å²) in [5.74, 6) is 0.665. The third-order valence-corrected chi connectivity index (χ3v) is 7.83. The number of sulfonamides is 1. The number of nitrogens with one attached hydrogen (secondary N) is 1. The highest BCUT2D eigenvalue weighted by atomic mass is 32.2. The molecule has 0 bridgehead atoms. The SMILES string of the molecule is CC(=O)N1CCN(C(=O)c2cc3c(s2)COc2cnc(Nc4cccc(S(N)(=O)=O)c4)nc2-3)CC1. The number of piperazine rings is 1. The molecule has 1 saturated heterocycles. The second kappa shape index (κ2) is 8.91. The Morgan fingerprint density at radius 1 is 1.14 bits per heavy atom. The van der Waals surface area contributed by atoms with E-state index in [9.17, 15) is 18.0 Å². The lowest BCUT2D eigenvalue weighted by molar-refractivity contribution is -0.130. The number of thiophene rings is 1. The summed E-state index contributed by atoms with van der Waals surface area (Å²) in [6, 6.07) is 7.85. The number of nitrogens with two attached hydrogens (primary N) is 1. The van der Waals surface area contributed by atoms with Gasteiger partial charge in [-0.25, -0.2) is 23.5 Å². The molecule has 4 heterocycles. The normalized spacial score (nSPS) is 15.1. The highest BCUT2D eigenvalue weighted by molar-refractivity contribution is 7.89. The first-order valence-electron chi connectivity index (χ1n) is 10.8. The molecule has 3 N–H and O–H groups in total. The van der Waals surface area contributed by atoms with Crippen molar-refractivity contribution < 1.29 is 22.7 Å². The molecular weight excluding hydrogens is 492 g/mol. The molecule has 2 aliphatic heterocycles. The van der Waals surface area contributed by atoms with Crippen LogP contribution in [0.3, 0.4) is 0 Å². The van der Waals surface area contributed by atoms with Gasteiger partial charge in [0, 0.05) is 44.4 Å². The van der Waals surface area contributed by atoms with Crippen LogP contribution in [0, 0.1) is 0 Å². The van der Waals surface area contributed by atoms with Gasteiger partial charge in [-0.1, -0.05) is 6.07 Å². The van der Waals surface area contributed by atoms with Crippen molar-refractivity contribution in [3.05, 3.63) is 46.3 Å². The number of primary sulfonamides is 1. The number of amides is 2. The third-order valence-electron chi connectivity index (χ3n) is 5.82. The van der Waals surface area contributed by atoms with Crippen LogP contribution in [-0.2, 0) is 21.4 Å². The second-order valence-electron chi connectivity index (χ2n) is 8.14. The van der Waals surface area contributed by atoms with Crippen molar-refractivity contribution >= 4 is 44.8 Å². The number of carbonyl (C=O) groups is 2. The van der Waals surface area contributed by atoms with Gasteiger partial charge in [-0.15, -0.1) is 11.3 Å². The molecule has 0 saturated carbocycles. The molecule has 11 nitrogen and oxygen atoms in total. The largest absolute Gasteiger partial charge is 0.484 e. The molecule has 0 unspecified atom stereocenters. The Morgan fingerprint density at radius 2 is 1.89 bits per heavy atom. The van der Waals surface area contributed by atoms with Gasteiger partial charge in [-0.2, -0.15) is 0 Å². The van der Waals surface area contributed by atoms with E-state index in [4.69, 9.17) is 9.88 Å². The molecular formula is C22H22N6O5S2. The quantitative estimate of drug-likeness (QED) is 0.535. The van der Waals surface area contributed by atoms with Gasteiger partial charge in [-0.3, -0.25) is 9.59 Å². The number of benzene rings is 1. The topological polar surface area (TPSA) is 148 Å². The van der Waals surface area contributed by atoms with E-state index in [0.29, 0.717) is 54.8 Å². The number of hydrogen-bond donors (Lipinski definition) is 2. The van der Waals surface area contributed by atoms with Gasteiger partial charge in [0.1, 0.15) is 12.3 Å². The molecule has 2 aliphatic rings. The van der Waals surface area contributed by atoms with E-state index in [0.717, 1.165) is 10.4 Å². The monoisotopic (exact) mass is 514 g/mol. The predicted octanol–water partition coefficient (Wildman–Crippen LogP) is 1.79. The summed E-state index contributed by atoms with van der Waals surface area (Å²) >= 11 is 1.36. The van der Waals surface area contributed by atoms with Crippen molar-refractivity contribution in [1.29, 1.82) is 0 Å². The van der Waals surface area contributed by atoms with Gasteiger partial charge in [-0.05, 0) is 24.3 Å². The summed E-state index contributed by atoms with van der Waals surface area (Å²) in [7, 11) is -3.85. The van der Waals surface area contributed by atoms with Crippen molar-refractivity contribution in [3.8, 4) is 17.0 Å². The van der Waals surface area contributed by atoms with Crippen LogP contribution in [0.15, 0.2) is 41.4 Å². The summed E-state index contributed by atoms with van der Waals surface area (Å²) in [5, 5.41) is 8.20. The van der Waals surface area contributed by atoms with Crippen LogP contribution in [0.2, 0.25) is 0 Å². The van der Waals surface area contributed by atoms with Gasteiger partial charge in [0.15, 0.2) is 5.75 Å². The first-order chi connectivity index (χ1) is 16.7. The molecule has 0 atom stereocenters. The molecule has 0 aliphatic carbocycles.